The molecule has 7 rings (SSSR count). The van der Waals surface area contributed by atoms with Crippen molar-refractivity contribution < 1.29 is 14.3 Å². The highest BCUT2D eigenvalue weighted by molar-refractivity contribution is 6.30. The Morgan fingerprint density at radius 3 is 2.29 bits per heavy atom. The Balaban J connectivity index is 1.21. The second-order valence-corrected chi connectivity index (χ2v) is 9.28. The van der Waals surface area contributed by atoms with Gasteiger partial charge in [0.1, 0.15) is 12.4 Å². The van der Waals surface area contributed by atoms with E-state index in [2.05, 4.69) is 17.3 Å². The molecule has 1 heterocycles. The first-order valence-electron chi connectivity index (χ1n) is 10.7. The molecule has 2 aromatic rings. The lowest BCUT2D eigenvalue weighted by Crippen LogP contribution is -2.40. The number of hydrogen-bond donors (Lipinski definition) is 0. The van der Waals surface area contributed by atoms with Crippen LogP contribution in [0.5, 0.6) is 5.75 Å². The quantitative estimate of drug-likeness (QED) is 0.402. The summed E-state index contributed by atoms with van der Waals surface area (Å²) in [5, 5.41) is 6.11. The Bertz CT molecular complexity index is 1090. The van der Waals surface area contributed by atoms with Gasteiger partial charge in [-0.15, -0.1) is 0 Å². The highest BCUT2D eigenvalue weighted by atomic mass is 35.5. The largest absolute Gasteiger partial charge is 0.488 e. The minimum atomic E-state index is -0.236. The lowest BCUT2D eigenvalue weighted by atomic mass is 9.63. The number of carbonyl (C=O) groups excluding carboxylic acids is 2. The van der Waals surface area contributed by atoms with E-state index in [1.807, 2.05) is 48.5 Å². The van der Waals surface area contributed by atoms with E-state index in [1.54, 1.807) is 6.21 Å². The number of halogens is 1. The van der Waals surface area contributed by atoms with Crippen LogP contribution in [0.4, 0.5) is 0 Å². The zero-order chi connectivity index (χ0) is 21.1. The van der Waals surface area contributed by atoms with Gasteiger partial charge in [0.15, 0.2) is 0 Å². The standard InChI is InChI=1S/C25H21ClN2O3/c26-16-7-5-14(6-8-16)13-31-21-4-2-1-3-15(21)12-27-28-24(29)22-17-9-10-18(20-11-19(17)20)23(22)25(28)30/h1-10,12,17-20,22-23H,11,13H2/b27-12-/t17-,18-,19-,20+,22+,23+/m0/s1. The number of amides is 2. The Morgan fingerprint density at radius 2 is 1.61 bits per heavy atom. The molecule has 2 saturated carbocycles. The van der Waals surface area contributed by atoms with Gasteiger partial charge in [0.2, 0.25) is 0 Å². The molecule has 0 unspecified atom stereocenters. The van der Waals surface area contributed by atoms with Crippen molar-refractivity contribution in [2.24, 2.45) is 40.6 Å². The fourth-order valence-corrected chi connectivity index (χ4v) is 5.76. The average molecular weight is 433 g/mol. The molecule has 1 saturated heterocycles. The van der Waals surface area contributed by atoms with Gasteiger partial charge in [0.05, 0.1) is 18.1 Å². The number of allylic oxidation sites excluding steroid dienone is 2. The maximum atomic E-state index is 13.1. The predicted octanol–water partition coefficient (Wildman–Crippen LogP) is 4.31. The third-order valence-corrected chi connectivity index (χ3v) is 7.43. The molecule has 6 heteroatoms. The van der Waals surface area contributed by atoms with Crippen molar-refractivity contribution in [3.05, 3.63) is 76.8 Å². The normalized spacial score (nSPS) is 32.5. The van der Waals surface area contributed by atoms with Crippen molar-refractivity contribution in [2.45, 2.75) is 13.0 Å². The van der Waals surface area contributed by atoms with Gasteiger partial charge in [-0.3, -0.25) is 9.59 Å². The van der Waals surface area contributed by atoms with Crippen molar-refractivity contribution in [3.63, 3.8) is 0 Å². The van der Waals surface area contributed by atoms with Gasteiger partial charge in [-0.1, -0.05) is 48.0 Å². The van der Waals surface area contributed by atoms with Crippen molar-refractivity contribution >= 4 is 29.6 Å². The topological polar surface area (TPSA) is 59.0 Å². The fraction of sp³-hybridized carbons (Fsp3) is 0.320. The first-order valence-corrected chi connectivity index (χ1v) is 11.1. The van der Waals surface area contributed by atoms with Crippen LogP contribution in [0.15, 0.2) is 65.8 Å². The number of ether oxygens (including phenoxy) is 1. The van der Waals surface area contributed by atoms with Gasteiger partial charge in [-0.25, -0.2) is 0 Å². The minimum absolute atomic E-state index is 0.157. The van der Waals surface area contributed by atoms with E-state index < -0.39 is 0 Å². The summed E-state index contributed by atoms with van der Waals surface area (Å²) in [5.41, 5.74) is 1.71. The second-order valence-electron chi connectivity index (χ2n) is 8.84. The number of benzene rings is 2. The van der Waals surface area contributed by atoms with Crippen LogP contribution < -0.4 is 4.74 Å². The summed E-state index contributed by atoms with van der Waals surface area (Å²) in [6.45, 7) is 0.381. The second kappa shape index (κ2) is 7.06. The summed E-state index contributed by atoms with van der Waals surface area (Å²) in [6.07, 6.45) is 7.04. The molecule has 3 fully saturated rings. The monoisotopic (exact) mass is 432 g/mol. The first kappa shape index (κ1) is 18.8. The summed E-state index contributed by atoms with van der Waals surface area (Å²) in [4.78, 5) is 26.1. The number of rotatable bonds is 5. The molecule has 5 nitrogen and oxygen atoms in total. The summed E-state index contributed by atoms with van der Waals surface area (Å²) < 4.78 is 5.96. The van der Waals surface area contributed by atoms with Crippen LogP contribution >= 0.6 is 11.6 Å². The third kappa shape index (κ3) is 3.02. The smallest absolute Gasteiger partial charge is 0.254 e. The van der Waals surface area contributed by atoms with Gasteiger partial charge < -0.3 is 4.74 Å². The molecule has 2 bridgehead atoms. The van der Waals surface area contributed by atoms with E-state index in [1.165, 1.54) is 0 Å². The van der Waals surface area contributed by atoms with Crippen molar-refractivity contribution in [3.8, 4) is 5.75 Å². The van der Waals surface area contributed by atoms with Crippen LogP contribution in [-0.2, 0) is 16.2 Å². The number of para-hydroxylation sites is 1. The lowest BCUT2D eigenvalue weighted by Gasteiger charge is -2.37. The molecule has 0 radical (unpaired) electrons. The van der Waals surface area contributed by atoms with Crippen molar-refractivity contribution in [2.75, 3.05) is 0 Å². The first-order chi connectivity index (χ1) is 15.1. The third-order valence-electron chi connectivity index (χ3n) is 7.18. The van der Waals surface area contributed by atoms with Crippen LogP contribution in [0.2, 0.25) is 5.02 Å². The number of hydrazone groups is 1. The minimum Gasteiger partial charge on any atom is -0.488 e. The van der Waals surface area contributed by atoms with Crippen molar-refractivity contribution in [1.82, 2.24) is 5.01 Å². The van der Waals surface area contributed by atoms with Crippen LogP contribution in [0.3, 0.4) is 0 Å². The predicted molar refractivity (Wildman–Crippen MR) is 116 cm³/mol. The van der Waals surface area contributed by atoms with Gasteiger partial charge in [-0.05, 0) is 59.9 Å². The Labute approximate surface area is 185 Å². The zero-order valence-corrected chi connectivity index (χ0v) is 17.5. The van der Waals surface area contributed by atoms with E-state index >= 15 is 0 Å². The molecule has 2 aromatic carbocycles. The van der Waals surface area contributed by atoms with E-state index in [0.717, 1.165) is 22.6 Å². The van der Waals surface area contributed by atoms with Gasteiger partial charge >= 0.3 is 0 Å². The van der Waals surface area contributed by atoms with Crippen LogP contribution in [-0.4, -0.2) is 23.0 Å². The Morgan fingerprint density at radius 1 is 0.968 bits per heavy atom. The van der Waals surface area contributed by atoms with E-state index in [-0.39, 0.29) is 35.5 Å². The molecule has 31 heavy (non-hydrogen) atoms. The molecule has 2 amide bonds. The molecule has 0 N–H and O–H groups in total. The zero-order valence-electron chi connectivity index (χ0n) is 16.7. The molecular formula is C25H21ClN2O3. The number of hydrogen-bond acceptors (Lipinski definition) is 4. The van der Waals surface area contributed by atoms with E-state index in [4.69, 9.17) is 16.3 Å². The maximum Gasteiger partial charge on any atom is 0.254 e. The highest BCUT2D eigenvalue weighted by Crippen LogP contribution is 2.65. The van der Waals surface area contributed by atoms with Crippen LogP contribution in [0.25, 0.3) is 0 Å². The molecule has 0 spiro atoms. The molecule has 0 aromatic heterocycles. The van der Waals surface area contributed by atoms with E-state index in [0.29, 0.717) is 29.2 Å². The lowest BCUT2D eigenvalue weighted by molar-refractivity contribution is -0.140. The molecule has 1 aliphatic heterocycles. The summed E-state index contributed by atoms with van der Waals surface area (Å²) in [6, 6.07) is 14.9. The molecule has 5 aliphatic rings. The number of carbonyl (C=O) groups is 2. The fourth-order valence-electron chi connectivity index (χ4n) is 5.64. The van der Waals surface area contributed by atoms with Crippen molar-refractivity contribution in [1.29, 1.82) is 0 Å². The molecular weight excluding hydrogens is 412 g/mol. The Hall–Kier alpha value is -2.92. The highest BCUT2D eigenvalue weighted by Gasteiger charge is 2.67. The van der Waals surface area contributed by atoms with Crippen LogP contribution in [0, 0.1) is 35.5 Å². The Kier molecular flexibility index (Phi) is 4.29. The molecule has 4 aliphatic carbocycles. The SMILES string of the molecule is O=C1[C@@H]2[C@H]3C=C[C@@H]([C@@H]4C[C@H]34)[C@H]2C(=O)N1/N=C\c1ccccc1OCc1ccc(Cl)cc1. The number of nitrogens with zero attached hydrogens (tertiary/aromatic N) is 2. The number of imide groups is 1. The average Bonchev–Trinajstić information content (AvgIpc) is 3.57. The van der Waals surface area contributed by atoms with Gasteiger partial charge in [-0.2, -0.15) is 10.1 Å². The van der Waals surface area contributed by atoms with Crippen LogP contribution in [0.1, 0.15) is 17.5 Å². The summed E-state index contributed by atoms with van der Waals surface area (Å²) >= 11 is 5.94. The van der Waals surface area contributed by atoms with Gasteiger partial charge in [0, 0.05) is 10.6 Å². The maximum absolute atomic E-state index is 13.1. The summed E-state index contributed by atoms with van der Waals surface area (Å²) in [7, 11) is 0. The van der Waals surface area contributed by atoms with E-state index in [9.17, 15) is 9.59 Å². The van der Waals surface area contributed by atoms with Gasteiger partial charge in [0.25, 0.3) is 11.8 Å². The molecule has 6 atom stereocenters. The molecule has 156 valence electrons. The summed E-state index contributed by atoms with van der Waals surface area (Å²) in [5.74, 6) is 1.42.